The maximum Gasteiger partial charge on any atom is 0.0681 e. The van der Waals surface area contributed by atoms with Crippen LogP contribution in [0.15, 0.2) is 11.6 Å². The van der Waals surface area contributed by atoms with Crippen molar-refractivity contribution in [2.75, 3.05) is 6.61 Å². The third-order valence-corrected chi connectivity index (χ3v) is 2.09. The lowest BCUT2D eigenvalue weighted by Crippen LogP contribution is -1.94. The predicted octanol–water partition coefficient (Wildman–Crippen LogP) is 2.91. The van der Waals surface area contributed by atoms with Gasteiger partial charge >= 0.3 is 0 Å². The minimum Gasteiger partial charge on any atom is -0.374 e. The first kappa shape index (κ1) is 8.79. The highest BCUT2D eigenvalue weighted by molar-refractivity contribution is 5.07. The van der Waals surface area contributed by atoms with Crippen LogP contribution in [-0.4, -0.2) is 12.7 Å². The second-order valence-electron chi connectivity index (χ2n) is 3.33. The average molecular weight is 154 g/mol. The molecular weight excluding hydrogens is 136 g/mol. The molecule has 0 N–H and O–H groups in total. The van der Waals surface area contributed by atoms with Crippen LogP contribution in [0.1, 0.15) is 39.5 Å². The van der Waals surface area contributed by atoms with Crippen LogP contribution in [0, 0.1) is 0 Å². The van der Waals surface area contributed by atoms with Gasteiger partial charge in [-0.25, -0.2) is 0 Å². The third-order valence-electron chi connectivity index (χ3n) is 2.09. The Balaban J connectivity index is 2.19. The van der Waals surface area contributed by atoms with E-state index in [1.807, 2.05) is 0 Å². The molecule has 1 fully saturated rings. The molecule has 0 aromatic rings. The summed E-state index contributed by atoms with van der Waals surface area (Å²) in [6.45, 7) is 5.25. The van der Waals surface area contributed by atoms with Gasteiger partial charge in [-0.3, -0.25) is 0 Å². The fraction of sp³-hybridized carbons (Fsp3) is 0.800. The molecule has 1 saturated heterocycles. The Morgan fingerprint density at radius 3 is 3.00 bits per heavy atom. The molecule has 0 aliphatic carbocycles. The highest BCUT2D eigenvalue weighted by Gasteiger charge is 2.13. The molecule has 1 rings (SSSR count). The van der Waals surface area contributed by atoms with E-state index in [0.29, 0.717) is 6.10 Å². The number of hydrogen-bond donors (Lipinski definition) is 0. The van der Waals surface area contributed by atoms with Crippen molar-refractivity contribution in [2.24, 2.45) is 0 Å². The molecule has 0 aromatic carbocycles. The van der Waals surface area contributed by atoms with Crippen molar-refractivity contribution in [3.05, 3.63) is 11.6 Å². The zero-order valence-electron chi connectivity index (χ0n) is 7.60. The quantitative estimate of drug-likeness (QED) is 0.448. The molecule has 0 spiro atoms. The monoisotopic (exact) mass is 154 g/mol. The Kier molecular flexibility index (Phi) is 3.64. The first-order valence-electron chi connectivity index (χ1n) is 4.62. The topological polar surface area (TPSA) is 9.23 Å². The van der Waals surface area contributed by atoms with Gasteiger partial charge in [-0.15, -0.1) is 0 Å². The molecule has 1 heterocycles. The lowest BCUT2D eigenvalue weighted by Gasteiger charge is -1.94. The van der Waals surface area contributed by atoms with Crippen LogP contribution in [0.5, 0.6) is 0 Å². The zero-order chi connectivity index (χ0) is 8.10. The SMILES string of the molecule is CCCC/C=C1\COC(C)C1. The Labute approximate surface area is 69.4 Å². The molecular formula is C10H18O. The van der Waals surface area contributed by atoms with E-state index in [-0.39, 0.29) is 0 Å². The van der Waals surface area contributed by atoms with E-state index in [1.165, 1.54) is 24.8 Å². The molecule has 1 aliphatic rings. The molecule has 1 aliphatic heterocycles. The van der Waals surface area contributed by atoms with Crippen LogP contribution in [0.4, 0.5) is 0 Å². The van der Waals surface area contributed by atoms with E-state index >= 15 is 0 Å². The van der Waals surface area contributed by atoms with Crippen LogP contribution in [0.25, 0.3) is 0 Å². The Morgan fingerprint density at radius 1 is 1.64 bits per heavy atom. The molecule has 1 unspecified atom stereocenters. The second-order valence-corrected chi connectivity index (χ2v) is 3.33. The van der Waals surface area contributed by atoms with Gasteiger partial charge in [0.15, 0.2) is 0 Å². The summed E-state index contributed by atoms with van der Waals surface area (Å²) in [5, 5.41) is 0. The number of ether oxygens (including phenoxy) is 1. The number of unbranched alkanes of at least 4 members (excludes halogenated alkanes) is 2. The summed E-state index contributed by atoms with van der Waals surface area (Å²) in [5.41, 5.74) is 1.51. The largest absolute Gasteiger partial charge is 0.374 e. The third kappa shape index (κ3) is 3.06. The molecule has 0 aromatic heterocycles. The minimum atomic E-state index is 0.461. The number of rotatable bonds is 3. The highest BCUT2D eigenvalue weighted by Crippen LogP contribution is 2.18. The fourth-order valence-corrected chi connectivity index (χ4v) is 1.39. The lowest BCUT2D eigenvalue weighted by molar-refractivity contribution is 0.128. The first-order chi connectivity index (χ1) is 5.33. The van der Waals surface area contributed by atoms with Gasteiger partial charge in [0.25, 0.3) is 0 Å². The molecule has 0 amide bonds. The van der Waals surface area contributed by atoms with Gasteiger partial charge in [0, 0.05) is 0 Å². The minimum absolute atomic E-state index is 0.461. The smallest absolute Gasteiger partial charge is 0.0681 e. The van der Waals surface area contributed by atoms with Crippen molar-refractivity contribution in [3.63, 3.8) is 0 Å². The van der Waals surface area contributed by atoms with Crippen LogP contribution in [0.3, 0.4) is 0 Å². The van der Waals surface area contributed by atoms with Crippen molar-refractivity contribution >= 4 is 0 Å². The first-order valence-corrected chi connectivity index (χ1v) is 4.62. The van der Waals surface area contributed by atoms with Crippen molar-refractivity contribution in [1.29, 1.82) is 0 Å². The highest BCUT2D eigenvalue weighted by atomic mass is 16.5. The molecule has 0 radical (unpaired) electrons. The van der Waals surface area contributed by atoms with Gasteiger partial charge in [0.05, 0.1) is 12.7 Å². The molecule has 0 saturated carbocycles. The molecule has 1 heteroatoms. The van der Waals surface area contributed by atoms with Gasteiger partial charge in [-0.1, -0.05) is 25.8 Å². The normalized spacial score (nSPS) is 28.2. The van der Waals surface area contributed by atoms with E-state index in [0.717, 1.165) is 13.0 Å². The van der Waals surface area contributed by atoms with Crippen LogP contribution >= 0.6 is 0 Å². The average Bonchev–Trinajstić information content (AvgIpc) is 2.37. The molecule has 11 heavy (non-hydrogen) atoms. The Bertz CT molecular complexity index is 138. The summed E-state index contributed by atoms with van der Waals surface area (Å²) >= 11 is 0. The lowest BCUT2D eigenvalue weighted by atomic mass is 10.1. The van der Waals surface area contributed by atoms with Gasteiger partial charge < -0.3 is 4.74 Å². The van der Waals surface area contributed by atoms with E-state index in [2.05, 4.69) is 19.9 Å². The summed E-state index contributed by atoms with van der Waals surface area (Å²) in [6, 6.07) is 0. The molecule has 1 nitrogen and oxygen atoms in total. The summed E-state index contributed by atoms with van der Waals surface area (Å²) in [5.74, 6) is 0. The van der Waals surface area contributed by atoms with E-state index in [4.69, 9.17) is 4.74 Å². The molecule has 1 atom stereocenters. The van der Waals surface area contributed by atoms with Crippen molar-refractivity contribution in [3.8, 4) is 0 Å². The van der Waals surface area contributed by atoms with Crippen LogP contribution in [0.2, 0.25) is 0 Å². The summed E-state index contributed by atoms with van der Waals surface area (Å²) in [6.07, 6.45) is 7.82. The standard InChI is InChI=1S/C10H18O/c1-3-4-5-6-10-7-9(2)11-8-10/h6,9H,3-5,7-8H2,1-2H3/b10-6-. The van der Waals surface area contributed by atoms with E-state index in [9.17, 15) is 0 Å². The maximum atomic E-state index is 5.43. The zero-order valence-corrected chi connectivity index (χ0v) is 7.60. The predicted molar refractivity (Wildman–Crippen MR) is 47.6 cm³/mol. The summed E-state index contributed by atoms with van der Waals surface area (Å²) in [7, 11) is 0. The van der Waals surface area contributed by atoms with E-state index < -0.39 is 0 Å². The number of hydrogen-bond acceptors (Lipinski definition) is 1. The fourth-order valence-electron chi connectivity index (χ4n) is 1.39. The van der Waals surface area contributed by atoms with Crippen molar-refractivity contribution in [1.82, 2.24) is 0 Å². The van der Waals surface area contributed by atoms with E-state index in [1.54, 1.807) is 0 Å². The summed E-state index contributed by atoms with van der Waals surface area (Å²) in [4.78, 5) is 0. The summed E-state index contributed by atoms with van der Waals surface area (Å²) < 4.78 is 5.43. The second kappa shape index (κ2) is 4.55. The van der Waals surface area contributed by atoms with Crippen molar-refractivity contribution in [2.45, 2.75) is 45.6 Å². The Hall–Kier alpha value is -0.300. The van der Waals surface area contributed by atoms with Gasteiger partial charge in [-0.05, 0) is 25.3 Å². The molecule has 0 bridgehead atoms. The maximum absolute atomic E-state index is 5.43. The van der Waals surface area contributed by atoms with Gasteiger partial charge in [0.2, 0.25) is 0 Å². The molecule has 64 valence electrons. The Morgan fingerprint density at radius 2 is 2.45 bits per heavy atom. The van der Waals surface area contributed by atoms with Crippen LogP contribution < -0.4 is 0 Å². The van der Waals surface area contributed by atoms with Gasteiger partial charge in [0.1, 0.15) is 0 Å². The van der Waals surface area contributed by atoms with Crippen LogP contribution in [-0.2, 0) is 4.74 Å². The number of allylic oxidation sites excluding steroid dienone is 1. The van der Waals surface area contributed by atoms with Gasteiger partial charge in [-0.2, -0.15) is 0 Å². The van der Waals surface area contributed by atoms with Crippen molar-refractivity contribution < 1.29 is 4.74 Å².